The summed E-state index contributed by atoms with van der Waals surface area (Å²) in [6.45, 7) is 0. The first-order chi connectivity index (χ1) is 11.2. The van der Waals surface area contributed by atoms with Crippen molar-refractivity contribution < 1.29 is 9.21 Å². The fraction of sp³-hybridized carbons (Fsp3) is 0.444. The molecule has 120 valence electrons. The Balaban J connectivity index is 1.69. The van der Waals surface area contributed by atoms with Crippen LogP contribution in [-0.2, 0) is 0 Å². The number of para-hydroxylation sites is 1. The highest BCUT2D eigenvalue weighted by molar-refractivity contribution is 7.99. The Labute approximate surface area is 138 Å². The van der Waals surface area contributed by atoms with Crippen molar-refractivity contribution in [2.24, 2.45) is 0 Å². The first kappa shape index (κ1) is 14.8. The molecule has 0 saturated carbocycles. The molecule has 2 aliphatic heterocycles. The Morgan fingerprint density at radius 2 is 1.91 bits per heavy atom. The van der Waals surface area contributed by atoms with E-state index in [1.807, 2.05) is 22.7 Å². The number of hydrogen-bond acceptors (Lipinski definition) is 4. The van der Waals surface area contributed by atoms with Gasteiger partial charge in [0, 0.05) is 23.4 Å². The van der Waals surface area contributed by atoms with Crippen LogP contribution in [0.25, 0.3) is 11.0 Å². The number of thioether (sulfide) groups is 1. The van der Waals surface area contributed by atoms with Gasteiger partial charge in [0.1, 0.15) is 5.58 Å². The number of fused-ring (bicyclic) bond motifs is 3. The van der Waals surface area contributed by atoms with Crippen molar-refractivity contribution >= 4 is 28.6 Å². The molecule has 2 aliphatic rings. The van der Waals surface area contributed by atoms with Crippen molar-refractivity contribution in [3.8, 4) is 0 Å². The summed E-state index contributed by atoms with van der Waals surface area (Å²) >= 11 is 1.90. The van der Waals surface area contributed by atoms with Crippen LogP contribution >= 0.6 is 11.8 Å². The normalized spacial score (nSPS) is 26.7. The molecule has 0 aliphatic carbocycles. The minimum Gasteiger partial charge on any atom is -0.451 e. The number of benzene rings is 1. The van der Waals surface area contributed by atoms with E-state index < -0.39 is 0 Å². The van der Waals surface area contributed by atoms with E-state index in [0.717, 1.165) is 25.7 Å². The van der Waals surface area contributed by atoms with Gasteiger partial charge in [-0.1, -0.05) is 12.1 Å². The lowest BCUT2D eigenvalue weighted by Crippen LogP contribution is -2.47. The van der Waals surface area contributed by atoms with Gasteiger partial charge in [-0.05, 0) is 44.1 Å². The molecule has 5 heteroatoms. The standard InChI is InChI=1S/C18H19NO3S/c1-23-13-8-11-6-7-12(9-13)19(11)18(21)17-10-15(20)14-4-2-3-5-16(14)22-17/h2-5,10-13H,6-9H2,1H3. The molecule has 2 aromatic rings. The molecule has 0 N–H and O–H groups in total. The fourth-order valence-electron chi connectivity index (χ4n) is 3.99. The lowest BCUT2D eigenvalue weighted by Gasteiger charge is -2.38. The van der Waals surface area contributed by atoms with Gasteiger partial charge < -0.3 is 9.32 Å². The summed E-state index contributed by atoms with van der Waals surface area (Å²) in [4.78, 5) is 27.1. The van der Waals surface area contributed by atoms with Crippen molar-refractivity contribution in [2.45, 2.75) is 43.0 Å². The molecular weight excluding hydrogens is 310 g/mol. The van der Waals surface area contributed by atoms with E-state index in [1.165, 1.54) is 6.07 Å². The molecule has 2 saturated heterocycles. The molecule has 3 heterocycles. The van der Waals surface area contributed by atoms with Gasteiger partial charge in [0.2, 0.25) is 0 Å². The molecule has 23 heavy (non-hydrogen) atoms. The number of hydrogen-bond donors (Lipinski definition) is 0. The number of rotatable bonds is 2. The van der Waals surface area contributed by atoms with Crippen LogP contribution in [0.5, 0.6) is 0 Å². The number of nitrogens with zero attached hydrogens (tertiary/aromatic N) is 1. The van der Waals surface area contributed by atoms with Crippen LogP contribution in [0.15, 0.2) is 39.5 Å². The number of amides is 1. The summed E-state index contributed by atoms with van der Waals surface area (Å²) in [5.41, 5.74) is 0.330. The Morgan fingerprint density at radius 1 is 1.22 bits per heavy atom. The molecule has 2 atom stereocenters. The summed E-state index contributed by atoms with van der Waals surface area (Å²) in [6, 6.07) is 9.00. The third-order valence-corrected chi connectivity index (χ3v) is 6.15. The Hall–Kier alpha value is -1.75. The highest BCUT2D eigenvalue weighted by Crippen LogP contribution is 2.40. The van der Waals surface area contributed by atoms with Gasteiger partial charge in [-0.3, -0.25) is 9.59 Å². The second-order valence-corrected chi connectivity index (χ2v) is 7.54. The highest BCUT2D eigenvalue weighted by atomic mass is 32.2. The zero-order valence-electron chi connectivity index (χ0n) is 13.0. The topological polar surface area (TPSA) is 50.5 Å². The molecule has 2 unspecified atom stereocenters. The van der Waals surface area contributed by atoms with Gasteiger partial charge in [-0.15, -0.1) is 0 Å². The van der Waals surface area contributed by atoms with Crippen molar-refractivity contribution in [1.82, 2.24) is 4.90 Å². The molecule has 2 fully saturated rings. The summed E-state index contributed by atoms with van der Waals surface area (Å²) in [5.74, 6) is 0.0492. The van der Waals surface area contributed by atoms with Gasteiger partial charge in [-0.2, -0.15) is 11.8 Å². The predicted molar refractivity (Wildman–Crippen MR) is 92.0 cm³/mol. The van der Waals surface area contributed by atoms with Crippen LogP contribution < -0.4 is 5.43 Å². The number of carbonyl (C=O) groups is 1. The number of carbonyl (C=O) groups excluding carboxylic acids is 1. The third-order valence-electron chi connectivity index (χ3n) is 5.10. The van der Waals surface area contributed by atoms with Gasteiger partial charge in [0.15, 0.2) is 11.2 Å². The van der Waals surface area contributed by atoms with E-state index in [0.29, 0.717) is 16.2 Å². The van der Waals surface area contributed by atoms with Crippen molar-refractivity contribution in [2.75, 3.05) is 6.26 Å². The lowest BCUT2D eigenvalue weighted by atomic mass is 10.0. The Kier molecular flexibility index (Phi) is 3.68. The van der Waals surface area contributed by atoms with Crippen LogP contribution in [0, 0.1) is 0 Å². The van der Waals surface area contributed by atoms with Crippen molar-refractivity contribution in [1.29, 1.82) is 0 Å². The van der Waals surface area contributed by atoms with Gasteiger partial charge in [0.05, 0.1) is 5.39 Å². The van der Waals surface area contributed by atoms with Crippen molar-refractivity contribution in [3.63, 3.8) is 0 Å². The quantitative estimate of drug-likeness (QED) is 0.848. The molecule has 1 aromatic heterocycles. The molecule has 4 rings (SSSR count). The zero-order valence-corrected chi connectivity index (χ0v) is 13.8. The molecule has 0 radical (unpaired) electrons. The first-order valence-electron chi connectivity index (χ1n) is 8.05. The summed E-state index contributed by atoms with van der Waals surface area (Å²) in [5, 5.41) is 1.16. The van der Waals surface area contributed by atoms with E-state index in [9.17, 15) is 9.59 Å². The maximum atomic E-state index is 12.9. The molecule has 0 spiro atoms. The maximum absolute atomic E-state index is 12.9. The fourth-order valence-corrected chi connectivity index (χ4v) is 4.82. The minimum absolute atomic E-state index is 0.125. The van der Waals surface area contributed by atoms with Crippen LogP contribution in [0.4, 0.5) is 0 Å². The Morgan fingerprint density at radius 3 is 2.61 bits per heavy atom. The van der Waals surface area contributed by atoms with Gasteiger partial charge >= 0.3 is 0 Å². The summed E-state index contributed by atoms with van der Waals surface area (Å²) < 4.78 is 5.74. The summed E-state index contributed by atoms with van der Waals surface area (Å²) in [6.07, 6.45) is 6.35. The van der Waals surface area contributed by atoms with Crippen LogP contribution in [0.3, 0.4) is 0 Å². The van der Waals surface area contributed by atoms with E-state index in [4.69, 9.17) is 4.42 Å². The molecule has 1 aromatic carbocycles. The average Bonchev–Trinajstić information content (AvgIpc) is 2.84. The third kappa shape index (κ3) is 2.47. The van der Waals surface area contributed by atoms with Crippen LogP contribution in [-0.4, -0.2) is 34.4 Å². The highest BCUT2D eigenvalue weighted by Gasteiger charge is 2.43. The zero-order chi connectivity index (χ0) is 16.0. The molecule has 2 bridgehead atoms. The minimum atomic E-state index is -0.151. The molecular formula is C18H19NO3S. The molecule has 4 nitrogen and oxygen atoms in total. The smallest absolute Gasteiger partial charge is 0.290 e. The van der Waals surface area contributed by atoms with Gasteiger partial charge in [-0.25, -0.2) is 0 Å². The molecule has 1 amide bonds. The largest absolute Gasteiger partial charge is 0.451 e. The maximum Gasteiger partial charge on any atom is 0.290 e. The average molecular weight is 329 g/mol. The SMILES string of the molecule is CSC1CC2CCC(C1)N2C(=O)c1cc(=O)c2ccccc2o1. The van der Waals surface area contributed by atoms with E-state index in [-0.39, 0.29) is 29.2 Å². The second kappa shape index (κ2) is 5.71. The Bertz CT molecular complexity index is 801. The number of piperidine rings is 1. The van der Waals surface area contributed by atoms with E-state index >= 15 is 0 Å². The van der Waals surface area contributed by atoms with E-state index in [2.05, 4.69) is 6.26 Å². The van der Waals surface area contributed by atoms with E-state index in [1.54, 1.807) is 18.2 Å². The summed E-state index contributed by atoms with van der Waals surface area (Å²) in [7, 11) is 0. The predicted octanol–water partition coefficient (Wildman–Crippen LogP) is 3.29. The lowest BCUT2D eigenvalue weighted by molar-refractivity contribution is 0.0569. The van der Waals surface area contributed by atoms with Crippen molar-refractivity contribution in [3.05, 3.63) is 46.3 Å². The second-order valence-electron chi connectivity index (χ2n) is 6.40. The van der Waals surface area contributed by atoms with Gasteiger partial charge in [0.25, 0.3) is 5.91 Å². The van der Waals surface area contributed by atoms with Crippen LogP contribution in [0.2, 0.25) is 0 Å². The monoisotopic (exact) mass is 329 g/mol. The first-order valence-corrected chi connectivity index (χ1v) is 9.34. The van der Waals surface area contributed by atoms with Crippen LogP contribution in [0.1, 0.15) is 36.2 Å².